The van der Waals surface area contributed by atoms with Gasteiger partial charge in [-0.25, -0.2) is 4.79 Å². The maximum atomic E-state index is 12.4. The van der Waals surface area contributed by atoms with Crippen LogP contribution < -0.4 is 0 Å². The van der Waals surface area contributed by atoms with E-state index in [1.807, 2.05) is 12.1 Å². The maximum Gasteiger partial charge on any atom is 0.335 e. The molecule has 11 atom stereocenters. The van der Waals surface area contributed by atoms with E-state index in [2.05, 4.69) is 61.1 Å². The zero-order valence-electron chi connectivity index (χ0n) is 26.3. The van der Waals surface area contributed by atoms with E-state index in [-0.39, 0.29) is 33.0 Å². The normalized spacial score (nSPS) is 48.2. The van der Waals surface area contributed by atoms with Crippen LogP contribution in [0, 0.1) is 56.7 Å². The fraction of sp³-hybridized carbons (Fsp3) is 0.703. The van der Waals surface area contributed by atoms with Crippen LogP contribution in [0.4, 0.5) is 0 Å². The van der Waals surface area contributed by atoms with Crippen LogP contribution in [0.2, 0.25) is 0 Å². The van der Waals surface area contributed by atoms with Gasteiger partial charge in [0.2, 0.25) is 0 Å². The summed E-state index contributed by atoms with van der Waals surface area (Å²) < 4.78 is 0. The number of hydrogen-bond donors (Lipinski definition) is 3. The zero-order valence-corrected chi connectivity index (χ0v) is 26.3. The van der Waals surface area contributed by atoms with Crippen LogP contribution in [0.3, 0.4) is 0 Å². The number of fused-ring (bicyclic) bond motifs is 7. The molecule has 0 spiro atoms. The molecule has 0 radical (unpaired) electrons. The number of rotatable bonds is 3. The standard InChI is InChI=1S/C37H52O4/c1-21(2)24-15-17-34(5)20-30(39)36(7)26(31(24)34)13-14-27-35(6)18-16-25(22-9-11-23(12-10-22)32(40)41)33(3,4)28(35)19-29(38)37(27,36)8/h9-12,16,24,26-31,38-39H,1,13-15,17-20H2,2-8H3,(H,40,41)/t24-,26+,27+,28-,29-,30-,31+,34?,35+,36-,37-/m0/s1. The molecule has 5 aliphatic rings. The highest BCUT2D eigenvalue weighted by atomic mass is 16.4. The van der Waals surface area contributed by atoms with Crippen molar-refractivity contribution < 1.29 is 20.1 Å². The van der Waals surface area contributed by atoms with Gasteiger partial charge in [0.15, 0.2) is 0 Å². The van der Waals surface area contributed by atoms with Crippen molar-refractivity contribution in [1.29, 1.82) is 0 Å². The molecule has 0 aliphatic heterocycles. The molecule has 0 heterocycles. The van der Waals surface area contributed by atoms with Gasteiger partial charge in [0.25, 0.3) is 0 Å². The van der Waals surface area contributed by atoms with Crippen molar-refractivity contribution in [2.24, 2.45) is 56.7 Å². The lowest BCUT2D eigenvalue weighted by Gasteiger charge is -2.74. The lowest BCUT2D eigenvalue weighted by atomic mass is 9.31. The molecule has 1 aromatic carbocycles. The minimum Gasteiger partial charge on any atom is -0.478 e. The summed E-state index contributed by atoms with van der Waals surface area (Å²) in [5.74, 6) is 1.09. The van der Waals surface area contributed by atoms with E-state index in [0.29, 0.717) is 29.2 Å². The Bertz CT molecular complexity index is 1290. The molecule has 6 rings (SSSR count). The van der Waals surface area contributed by atoms with E-state index in [1.165, 1.54) is 17.6 Å². The summed E-state index contributed by atoms with van der Waals surface area (Å²) in [6.07, 6.45) is 8.54. The second-order valence-electron chi connectivity index (χ2n) is 16.4. The average Bonchev–Trinajstić information content (AvgIpc) is 3.24. The molecule has 0 bridgehead atoms. The Kier molecular flexibility index (Phi) is 6.44. The van der Waals surface area contributed by atoms with Gasteiger partial charge < -0.3 is 15.3 Å². The van der Waals surface area contributed by atoms with Gasteiger partial charge in [0, 0.05) is 10.8 Å². The molecule has 4 saturated carbocycles. The van der Waals surface area contributed by atoms with Gasteiger partial charge in [-0.05, 0) is 121 Å². The number of carbonyl (C=O) groups is 1. The van der Waals surface area contributed by atoms with Gasteiger partial charge in [-0.3, -0.25) is 0 Å². The molecule has 41 heavy (non-hydrogen) atoms. The van der Waals surface area contributed by atoms with Crippen LogP contribution in [0.15, 0.2) is 42.5 Å². The summed E-state index contributed by atoms with van der Waals surface area (Å²) >= 11 is 0. The molecule has 0 saturated heterocycles. The maximum absolute atomic E-state index is 12.4. The predicted octanol–water partition coefficient (Wildman–Crippen LogP) is 8.00. The Hall–Kier alpha value is -1.91. The zero-order chi connectivity index (χ0) is 29.9. The largest absolute Gasteiger partial charge is 0.478 e. The molecular weight excluding hydrogens is 508 g/mol. The highest BCUT2D eigenvalue weighted by molar-refractivity contribution is 5.88. The summed E-state index contributed by atoms with van der Waals surface area (Å²) in [6.45, 7) is 20.9. The average molecular weight is 561 g/mol. The second kappa shape index (κ2) is 9.05. The number of allylic oxidation sites excluding steroid dienone is 3. The quantitative estimate of drug-likeness (QED) is 0.327. The fourth-order valence-electron chi connectivity index (χ4n) is 12.5. The van der Waals surface area contributed by atoms with Crippen molar-refractivity contribution in [1.82, 2.24) is 0 Å². The third-order valence-electron chi connectivity index (χ3n) is 14.6. The summed E-state index contributed by atoms with van der Waals surface area (Å²) in [5, 5.41) is 34.0. The van der Waals surface area contributed by atoms with Gasteiger partial charge >= 0.3 is 5.97 Å². The Labute approximate surface area is 247 Å². The van der Waals surface area contributed by atoms with Gasteiger partial charge in [-0.2, -0.15) is 0 Å². The lowest BCUT2D eigenvalue weighted by molar-refractivity contribution is -0.293. The van der Waals surface area contributed by atoms with E-state index in [9.17, 15) is 20.1 Å². The molecule has 4 fully saturated rings. The first-order valence-electron chi connectivity index (χ1n) is 16.1. The first kappa shape index (κ1) is 29.2. The van der Waals surface area contributed by atoms with Crippen molar-refractivity contribution >= 4 is 11.5 Å². The Morgan fingerprint density at radius 3 is 2.17 bits per heavy atom. The molecule has 0 amide bonds. The third-order valence-corrected chi connectivity index (χ3v) is 14.6. The molecule has 224 valence electrons. The molecule has 4 nitrogen and oxygen atoms in total. The molecule has 0 aromatic heterocycles. The van der Waals surface area contributed by atoms with Gasteiger partial charge in [-0.1, -0.05) is 71.9 Å². The number of benzene rings is 1. The number of hydrogen-bond acceptors (Lipinski definition) is 3. The van der Waals surface area contributed by atoms with E-state index in [4.69, 9.17) is 0 Å². The predicted molar refractivity (Wildman–Crippen MR) is 164 cm³/mol. The summed E-state index contributed by atoms with van der Waals surface area (Å²) in [4.78, 5) is 11.5. The first-order chi connectivity index (χ1) is 19.0. The van der Waals surface area contributed by atoms with Crippen LogP contribution in [0.1, 0.15) is 109 Å². The van der Waals surface area contributed by atoms with Crippen molar-refractivity contribution in [2.45, 2.75) is 106 Å². The first-order valence-corrected chi connectivity index (χ1v) is 16.1. The number of carboxylic acids is 1. The van der Waals surface area contributed by atoms with Crippen molar-refractivity contribution in [2.75, 3.05) is 0 Å². The van der Waals surface area contributed by atoms with Crippen molar-refractivity contribution in [3.63, 3.8) is 0 Å². The second-order valence-corrected chi connectivity index (χ2v) is 16.4. The molecular formula is C37H52O4. The highest BCUT2D eigenvalue weighted by Crippen LogP contribution is 2.77. The van der Waals surface area contributed by atoms with Crippen LogP contribution in [-0.2, 0) is 0 Å². The minimum atomic E-state index is -0.905. The van der Waals surface area contributed by atoms with Crippen molar-refractivity contribution in [3.05, 3.63) is 53.6 Å². The Balaban J connectivity index is 1.42. The number of aromatic carboxylic acids is 1. The SMILES string of the molecule is C=C(C)[C@@H]1CCC2(C)C[C@H](O)[C@]3(C)[C@H](CC[C@@H]4[C@@]5(C)CC=C(c6ccc(C(=O)O)cc6)C(C)(C)[C@@H]5C[C@H](O)[C@]43C)[C@@H]12. The molecule has 3 N–H and O–H groups in total. The number of aliphatic hydroxyl groups is 2. The lowest BCUT2D eigenvalue weighted by Crippen LogP contribution is -2.72. The van der Waals surface area contributed by atoms with E-state index >= 15 is 0 Å². The number of aliphatic hydroxyl groups excluding tert-OH is 2. The highest BCUT2D eigenvalue weighted by Gasteiger charge is 2.74. The van der Waals surface area contributed by atoms with Gasteiger partial charge in [0.05, 0.1) is 17.8 Å². The molecule has 1 unspecified atom stereocenters. The van der Waals surface area contributed by atoms with E-state index < -0.39 is 18.2 Å². The monoisotopic (exact) mass is 560 g/mol. The van der Waals surface area contributed by atoms with Gasteiger partial charge in [0.1, 0.15) is 0 Å². The summed E-state index contributed by atoms with van der Waals surface area (Å²) in [5.41, 5.74) is 3.16. The van der Waals surface area contributed by atoms with Crippen LogP contribution >= 0.6 is 0 Å². The third kappa shape index (κ3) is 3.62. The minimum absolute atomic E-state index is 0.000132. The van der Waals surface area contributed by atoms with Crippen molar-refractivity contribution in [3.8, 4) is 0 Å². The Morgan fingerprint density at radius 2 is 1.56 bits per heavy atom. The van der Waals surface area contributed by atoms with E-state index in [1.54, 1.807) is 12.1 Å². The van der Waals surface area contributed by atoms with Gasteiger partial charge in [-0.15, -0.1) is 0 Å². The van der Waals surface area contributed by atoms with Crippen LogP contribution in [0.5, 0.6) is 0 Å². The Morgan fingerprint density at radius 1 is 0.902 bits per heavy atom. The smallest absolute Gasteiger partial charge is 0.335 e. The topological polar surface area (TPSA) is 77.8 Å². The fourth-order valence-corrected chi connectivity index (χ4v) is 12.5. The van der Waals surface area contributed by atoms with Crippen LogP contribution in [0.25, 0.3) is 5.57 Å². The van der Waals surface area contributed by atoms with E-state index in [0.717, 1.165) is 44.1 Å². The van der Waals surface area contributed by atoms with Crippen LogP contribution in [-0.4, -0.2) is 33.5 Å². The summed E-state index contributed by atoms with van der Waals surface area (Å²) in [7, 11) is 0. The number of carboxylic acid groups (broad SMARTS) is 1. The molecule has 4 heteroatoms. The summed E-state index contributed by atoms with van der Waals surface area (Å²) in [6, 6.07) is 7.31. The molecule has 1 aromatic rings. The molecule has 5 aliphatic carbocycles.